The summed E-state index contributed by atoms with van der Waals surface area (Å²) in [6.07, 6.45) is 2.40. The molecule has 0 spiro atoms. The van der Waals surface area contributed by atoms with Crippen molar-refractivity contribution in [2.24, 2.45) is 0 Å². The molecule has 0 aromatic heterocycles. The normalized spacial score (nSPS) is 23.6. The van der Waals surface area contributed by atoms with Crippen molar-refractivity contribution in [3.63, 3.8) is 0 Å². The van der Waals surface area contributed by atoms with Crippen LogP contribution < -0.4 is 9.21 Å². The van der Waals surface area contributed by atoms with Gasteiger partial charge in [0.15, 0.2) is 0 Å². The molecule has 3 heterocycles. The molecule has 0 unspecified atom stereocenters. The zero-order valence-electron chi connectivity index (χ0n) is 15.5. The number of anilines is 2. The van der Waals surface area contributed by atoms with Crippen molar-refractivity contribution in [3.05, 3.63) is 53.1 Å². The van der Waals surface area contributed by atoms with Crippen molar-refractivity contribution in [2.75, 3.05) is 15.7 Å². The van der Waals surface area contributed by atoms with Crippen LogP contribution in [0.2, 0.25) is 0 Å². The molecular weight excluding hydrogens is 360 g/mol. The van der Waals surface area contributed by atoms with E-state index >= 15 is 0 Å². The molecule has 2 aromatic carbocycles. The second-order valence-electron chi connectivity index (χ2n) is 7.82. The third-order valence-corrected chi connectivity index (χ3v) is 8.00. The lowest BCUT2D eigenvalue weighted by Crippen LogP contribution is -2.36. The summed E-state index contributed by atoms with van der Waals surface area (Å²) in [6, 6.07) is 11.1. The molecule has 5 rings (SSSR count). The topological polar surface area (TPSA) is 57.7 Å². The first-order chi connectivity index (χ1) is 12.9. The van der Waals surface area contributed by atoms with E-state index in [2.05, 4.69) is 0 Å². The van der Waals surface area contributed by atoms with Gasteiger partial charge in [-0.3, -0.25) is 9.10 Å². The molecule has 0 radical (unpaired) electrons. The number of carbonyl (C=O) groups is 1. The van der Waals surface area contributed by atoms with Gasteiger partial charge in [-0.05, 0) is 68.0 Å². The first kappa shape index (κ1) is 16.8. The highest BCUT2D eigenvalue weighted by Crippen LogP contribution is 2.45. The monoisotopic (exact) mass is 382 g/mol. The minimum atomic E-state index is -3.69. The Balaban J connectivity index is 1.67. The van der Waals surface area contributed by atoms with Crippen molar-refractivity contribution < 1.29 is 13.2 Å². The largest absolute Gasteiger partial charge is 0.311 e. The smallest absolute Gasteiger partial charge is 0.264 e. The highest BCUT2D eigenvalue weighted by Gasteiger charge is 2.41. The molecule has 6 heteroatoms. The average Bonchev–Trinajstić information content (AvgIpc) is 3.12. The van der Waals surface area contributed by atoms with Crippen molar-refractivity contribution in [1.82, 2.24) is 0 Å². The van der Waals surface area contributed by atoms with Gasteiger partial charge in [0.25, 0.3) is 10.0 Å². The Bertz CT molecular complexity index is 1080. The van der Waals surface area contributed by atoms with Gasteiger partial charge in [-0.15, -0.1) is 0 Å². The van der Waals surface area contributed by atoms with Crippen molar-refractivity contribution in [3.8, 4) is 0 Å². The van der Waals surface area contributed by atoms with Gasteiger partial charge in [-0.25, -0.2) is 8.42 Å². The summed E-state index contributed by atoms with van der Waals surface area (Å²) in [5.74, 6) is -0.198. The lowest BCUT2D eigenvalue weighted by molar-refractivity contribution is -0.119. The van der Waals surface area contributed by atoms with Gasteiger partial charge in [0.1, 0.15) is 0 Å². The molecule has 2 atom stereocenters. The van der Waals surface area contributed by atoms with Crippen LogP contribution >= 0.6 is 0 Å². The first-order valence-electron chi connectivity index (χ1n) is 9.50. The van der Waals surface area contributed by atoms with E-state index in [4.69, 9.17) is 0 Å². The van der Waals surface area contributed by atoms with Crippen LogP contribution in [0.25, 0.3) is 0 Å². The predicted molar refractivity (Wildman–Crippen MR) is 105 cm³/mol. The molecule has 27 heavy (non-hydrogen) atoms. The van der Waals surface area contributed by atoms with E-state index in [-0.39, 0.29) is 17.9 Å². The highest BCUT2D eigenvalue weighted by molar-refractivity contribution is 7.92. The summed E-state index contributed by atoms with van der Waals surface area (Å²) in [4.78, 5) is 14.7. The Hall–Kier alpha value is -2.34. The Morgan fingerprint density at radius 1 is 1.07 bits per heavy atom. The fourth-order valence-electron chi connectivity index (χ4n) is 4.83. The lowest BCUT2D eigenvalue weighted by Gasteiger charge is -2.28. The standard InChI is InChI=1S/C21H22N2O3S/c1-13-10-15-6-3-4-8-19(15)23(13)27(25,26)17-11-16-7-5-9-22-20(16)18(12-17)14(2)21(22)24/h3-4,6,8,11-14H,5,7,9-10H2,1-2H3/t13-,14-/m0/s1. The quantitative estimate of drug-likeness (QED) is 0.801. The minimum Gasteiger partial charge on any atom is -0.311 e. The molecule has 0 fully saturated rings. The molecule has 140 valence electrons. The number of rotatable bonds is 2. The number of sulfonamides is 1. The maximum Gasteiger partial charge on any atom is 0.264 e. The third-order valence-electron chi connectivity index (χ3n) is 6.09. The Kier molecular flexibility index (Phi) is 3.47. The number of nitrogens with zero attached hydrogens (tertiary/aromatic N) is 2. The number of hydrogen-bond acceptors (Lipinski definition) is 3. The van der Waals surface area contributed by atoms with E-state index in [1.807, 2.05) is 43.0 Å². The summed E-state index contributed by atoms with van der Waals surface area (Å²) in [5.41, 5.74) is 4.62. The van der Waals surface area contributed by atoms with E-state index in [1.165, 1.54) is 0 Å². The second kappa shape index (κ2) is 5.58. The van der Waals surface area contributed by atoms with Crippen LogP contribution in [0.3, 0.4) is 0 Å². The molecule has 3 aliphatic rings. The molecule has 0 bridgehead atoms. The van der Waals surface area contributed by atoms with Crippen LogP contribution in [0.5, 0.6) is 0 Å². The average molecular weight is 382 g/mol. The molecule has 3 aliphatic heterocycles. The van der Waals surface area contributed by atoms with Gasteiger partial charge in [0.05, 0.1) is 22.2 Å². The first-order valence-corrected chi connectivity index (χ1v) is 10.9. The zero-order valence-corrected chi connectivity index (χ0v) is 16.3. The van der Waals surface area contributed by atoms with E-state index in [1.54, 1.807) is 16.4 Å². The van der Waals surface area contributed by atoms with Crippen LogP contribution in [0, 0.1) is 0 Å². The summed E-state index contributed by atoms with van der Waals surface area (Å²) < 4.78 is 28.7. The Morgan fingerprint density at radius 2 is 1.85 bits per heavy atom. The van der Waals surface area contributed by atoms with Gasteiger partial charge in [0, 0.05) is 12.6 Å². The number of para-hydroxylation sites is 1. The third kappa shape index (κ3) is 2.22. The fourth-order valence-corrected chi connectivity index (χ4v) is 6.61. The number of amides is 1. The highest BCUT2D eigenvalue weighted by atomic mass is 32.2. The summed E-state index contributed by atoms with van der Waals surface area (Å²) in [6.45, 7) is 4.55. The fraction of sp³-hybridized carbons (Fsp3) is 0.381. The van der Waals surface area contributed by atoms with E-state index in [9.17, 15) is 13.2 Å². The summed E-state index contributed by atoms with van der Waals surface area (Å²) >= 11 is 0. The van der Waals surface area contributed by atoms with Crippen molar-refractivity contribution in [1.29, 1.82) is 0 Å². The van der Waals surface area contributed by atoms with Gasteiger partial charge in [-0.2, -0.15) is 0 Å². The zero-order chi connectivity index (χ0) is 18.9. The van der Waals surface area contributed by atoms with Gasteiger partial charge >= 0.3 is 0 Å². The van der Waals surface area contributed by atoms with Crippen LogP contribution in [0.4, 0.5) is 11.4 Å². The number of aryl methyl sites for hydroxylation is 1. The van der Waals surface area contributed by atoms with Gasteiger partial charge in [0.2, 0.25) is 5.91 Å². The molecule has 1 amide bonds. The second-order valence-corrected chi connectivity index (χ2v) is 9.63. The van der Waals surface area contributed by atoms with Crippen molar-refractivity contribution in [2.45, 2.75) is 50.0 Å². The molecule has 2 aromatic rings. The molecule has 0 aliphatic carbocycles. The predicted octanol–water partition coefficient (Wildman–Crippen LogP) is 3.22. The van der Waals surface area contributed by atoms with E-state index < -0.39 is 10.0 Å². The Morgan fingerprint density at radius 3 is 2.67 bits per heavy atom. The molecular formula is C21H22N2O3S. The molecule has 0 saturated carbocycles. The van der Waals surface area contributed by atoms with Crippen LogP contribution in [-0.4, -0.2) is 26.9 Å². The van der Waals surface area contributed by atoms with Crippen molar-refractivity contribution >= 4 is 27.3 Å². The number of carbonyl (C=O) groups excluding carboxylic acids is 1. The van der Waals surface area contributed by atoms with Crippen LogP contribution in [0.1, 0.15) is 42.9 Å². The summed E-state index contributed by atoms with van der Waals surface area (Å²) in [5, 5.41) is 0. The maximum atomic E-state index is 13.6. The van der Waals surface area contributed by atoms with Crippen LogP contribution in [-0.2, 0) is 27.7 Å². The SMILES string of the molecule is C[C@@H]1C(=O)N2CCCc3cc(S(=O)(=O)N4c5ccccc5C[C@@H]4C)cc1c32. The summed E-state index contributed by atoms with van der Waals surface area (Å²) in [7, 11) is -3.69. The number of fused-ring (bicyclic) bond motifs is 1. The van der Waals surface area contributed by atoms with Gasteiger partial charge in [-0.1, -0.05) is 18.2 Å². The molecule has 0 N–H and O–H groups in total. The molecule has 5 nitrogen and oxygen atoms in total. The molecule has 0 saturated heterocycles. The number of hydrogen-bond donors (Lipinski definition) is 0. The lowest BCUT2D eigenvalue weighted by atomic mass is 9.97. The maximum absolute atomic E-state index is 13.6. The Labute approximate surface area is 159 Å². The number of benzene rings is 2. The van der Waals surface area contributed by atoms with E-state index in [0.717, 1.165) is 53.9 Å². The van der Waals surface area contributed by atoms with Crippen LogP contribution in [0.15, 0.2) is 41.3 Å². The minimum absolute atomic E-state index is 0.0837. The van der Waals surface area contributed by atoms with Gasteiger partial charge < -0.3 is 4.90 Å². The van der Waals surface area contributed by atoms with E-state index in [0.29, 0.717) is 4.90 Å².